The summed E-state index contributed by atoms with van der Waals surface area (Å²) in [5.74, 6) is 0. The van der Waals surface area contributed by atoms with Crippen LogP contribution in [0.5, 0.6) is 0 Å². The van der Waals surface area contributed by atoms with Crippen LogP contribution >= 0.6 is 0 Å². The number of fused-ring (bicyclic) bond motifs is 1. The maximum Gasteiger partial charge on any atom is 0.0401 e. The maximum atomic E-state index is 2.85. The number of para-hydroxylation sites is 1. The Balaban J connectivity index is 2.09. The molecular weight excluding hydrogens is 338 g/mol. The van der Waals surface area contributed by atoms with Crippen molar-refractivity contribution >= 4 is 5.69 Å². The van der Waals surface area contributed by atoms with Crippen molar-refractivity contribution < 1.29 is 0 Å². The molecule has 0 aliphatic carbocycles. The lowest BCUT2D eigenvalue weighted by atomic mass is 9.95. The molecule has 2 rings (SSSR count). The summed E-state index contributed by atoms with van der Waals surface area (Å²) in [6, 6.07) is 10.1. The lowest BCUT2D eigenvalue weighted by Crippen LogP contribution is -2.37. The van der Waals surface area contributed by atoms with E-state index in [-0.39, 0.29) is 0 Å². The zero-order valence-corrected chi connectivity index (χ0v) is 19.1. The fourth-order valence-electron chi connectivity index (χ4n) is 4.88. The van der Waals surface area contributed by atoms with Gasteiger partial charge in [0.1, 0.15) is 0 Å². The molecular formula is C27H47N. The fourth-order valence-corrected chi connectivity index (χ4v) is 4.88. The van der Waals surface area contributed by atoms with E-state index >= 15 is 0 Å². The average Bonchev–Trinajstić information content (AvgIpc) is 2.73. The summed E-state index contributed by atoms with van der Waals surface area (Å²) in [5, 5.41) is 0. The summed E-state index contributed by atoms with van der Waals surface area (Å²) >= 11 is 0. The lowest BCUT2D eigenvalue weighted by Gasteiger charge is -2.36. The second kappa shape index (κ2) is 14.9. The molecule has 0 saturated carbocycles. The highest BCUT2D eigenvalue weighted by molar-refractivity contribution is 5.54. The number of aryl methyl sites for hydroxylation is 1. The number of unbranched alkanes of at least 4 members (excludes halogenated alkanes) is 7. The van der Waals surface area contributed by atoms with Crippen LogP contribution in [0.3, 0.4) is 0 Å². The highest BCUT2D eigenvalue weighted by Crippen LogP contribution is 2.30. The van der Waals surface area contributed by atoms with Crippen molar-refractivity contribution in [2.24, 2.45) is 0 Å². The molecule has 0 radical (unpaired) electrons. The van der Waals surface area contributed by atoms with Gasteiger partial charge in [-0.1, -0.05) is 109 Å². The Morgan fingerprint density at radius 3 is 2.07 bits per heavy atom. The molecule has 1 heterocycles. The van der Waals surface area contributed by atoms with Crippen molar-refractivity contribution in [1.82, 2.24) is 0 Å². The Hall–Kier alpha value is -0.980. The highest BCUT2D eigenvalue weighted by Gasteiger charge is 2.21. The number of hydrogen-bond donors (Lipinski definition) is 0. The molecule has 0 spiro atoms. The Labute approximate surface area is 176 Å². The number of anilines is 1. The van der Waals surface area contributed by atoms with Crippen LogP contribution in [0.15, 0.2) is 24.3 Å². The quantitative estimate of drug-likeness (QED) is 0.325. The van der Waals surface area contributed by atoms with Crippen LogP contribution in [0.25, 0.3) is 0 Å². The highest BCUT2D eigenvalue weighted by atomic mass is 15.2. The van der Waals surface area contributed by atoms with Crippen molar-refractivity contribution in [3.05, 3.63) is 29.8 Å². The van der Waals surface area contributed by atoms with Crippen LogP contribution in [0, 0.1) is 0 Å². The largest absolute Gasteiger partial charge is 0.368 e. The molecule has 0 fully saturated rings. The van der Waals surface area contributed by atoms with E-state index in [1.807, 2.05) is 0 Å². The Morgan fingerprint density at radius 2 is 1.32 bits per heavy atom. The van der Waals surface area contributed by atoms with Crippen molar-refractivity contribution in [2.75, 3.05) is 11.4 Å². The molecule has 1 aliphatic rings. The van der Waals surface area contributed by atoms with Gasteiger partial charge in [0.15, 0.2) is 0 Å². The monoisotopic (exact) mass is 385 g/mol. The zero-order valence-electron chi connectivity index (χ0n) is 19.1. The van der Waals surface area contributed by atoms with Crippen molar-refractivity contribution in [2.45, 2.75) is 129 Å². The summed E-state index contributed by atoms with van der Waals surface area (Å²) in [7, 11) is 0. The van der Waals surface area contributed by atoms with E-state index < -0.39 is 0 Å². The summed E-state index contributed by atoms with van der Waals surface area (Å²) < 4.78 is 0. The summed E-state index contributed by atoms with van der Waals surface area (Å²) in [6.45, 7) is 5.91. The molecule has 1 aromatic carbocycles. The van der Waals surface area contributed by atoms with Crippen LogP contribution in [0.1, 0.15) is 122 Å². The zero-order chi connectivity index (χ0) is 19.9. The Kier molecular flexibility index (Phi) is 12.4. The van der Waals surface area contributed by atoms with Crippen LogP contribution in [-0.2, 0) is 6.42 Å². The SMILES string of the molecule is CCCCCCCC(CCCCCC)N1CCCCCCCc2ccccc21. The fraction of sp³-hybridized carbons (Fsp3) is 0.778. The Morgan fingerprint density at radius 1 is 0.714 bits per heavy atom. The van der Waals surface area contributed by atoms with Crippen LogP contribution < -0.4 is 4.90 Å². The first kappa shape index (κ1) is 23.3. The van der Waals surface area contributed by atoms with Crippen molar-refractivity contribution in [3.63, 3.8) is 0 Å². The van der Waals surface area contributed by atoms with Gasteiger partial charge < -0.3 is 4.90 Å². The maximum absolute atomic E-state index is 2.85. The molecule has 0 bridgehead atoms. The molecule has 1 unspecified atom stereocenters. The first-order chi connectivity index (χ1) is 13.9. The van der Waals surface area contributed by atoms with Gasteiger partial charge >= 0.3 is 0 Å². The third-order valence-corrected chi connectivity index (χ3v) is 6.62. The number of rotatable bonds is 12. The normalized spacial score (nSPS) is 16.6. The first-order valence-corrected chi connectivity index (χ1v) is 12.7. The summed E-state index contributed by atoms with van der Waals surface area (Å²) in [5.41, 5.74) is 3.17. The van der Waals surface area contributed by atoms with Gasteiger partial charge in [-0.15, -0.1) is 0 Å². The van der Waals surface area contributed by atoms with Gasteiger partial charge in [-0.2, -0.15) is 0 Å². The minimum Gasteiger partial charge on any atom is -0.368 e. The Bertz CT molecular complexity index is 495. The van der Waals surface area contributed by atoms with E-state index in [0.717, 1.165) is 6.04 Å². The second-order valence-corrected chi connectivity index (χ2v) is 9.05. The van der Waals surface area contributed by atoms with E-state index in [9.17, 15) is 0 Å². The number of benzene rings is 1. The molecule has 1 atom stereocenters. The van der Waals surface area contributed by atoms with Gasteiger partial charge in [-0.05, 0) is 43.7 Å². The van der Waals surface area contributed by atoms with E-state index in [2.05, 4.69) is 43.0 Å². The van der Waals surface area contributed by atoms with Crippen LogP contribution in [0.4, 0.5) is 5.69 Å². The smallest absolute Gasteiger partial charge is 0.0401 e. The molecule has 28 heavy (non-hydrogen) atoms. The van der Waals surface area contributed by atoms with Crippen LogP contribution in [0.2, 0.25) is 0 Å². The molecule has 0 aromatic heterocycles. The van der Waals surface area contributed by atoms with Gasteiger partial charge in [-0.25, -0.2) is 0 Å². The molecule has 1 aliphatic heterocycles. The lowest BCUT2D eigenvalue weighted by molar-refractivity contribution is 0.449. The topological polar surface area (TPSA) is 3.24 Å². The molecule has 0 amide bonds. The summed E-state index contributed by atoms with van der Waals surface area (Å²) in [6.07, 6.45) is 23.6. The van der Waals surface area contributed by atoms with E-state index in [0.29, 0.717) is 0 Å². The molecule has 1 heteroatoms. The number of hydrogen-bond acceptors (Lipinski definition) is 1. The third kappa shape index (κ3) is 8.58. The van der Waals surface area contributed by atoms with Gasteiger partial charge in [0, 0.05) is 18.3 Å². The predicted molar refractivity (Wildman–Crippen MR) is 127 cm³/mol. The molecule has 1 aromatic rings. The molecule has 0 saturated heterocycles. The van der Waals surface area contributed by atoms with Crippen LogP contribution in [-0.4, -0.2) is 12.6 Å². The molecule has 160 valence electrons. The first-order valence-electron chi connectivity index (χ1n) is 12.7. The predicted octanol–water partition coefficient (Wildman–Crippen LogP) is 8.70. The van der Waals surface area contributed by atoms with Crippen molar-refractivity contribution in [1.29, 1.82) is 0 Å². The van der Waals surface area contributed by atoms with Gasteiger partial charge in [0.2, 0.25) is 0 Å². The standard InChI is InChI=1S/C27H47N/c1-3-5-7-10-15-22-26(21-14-8-6-4-2)28-24-18-12-9-11-13-19-25-20-16-17-23-27(25)28/h16-17,20,23,26H,3-15,18-19,21-22,24H2,1-2H3. The minimum absolute atomic E-state index is 0.749. The number of nitrogens with zero attached hydrogens (tertiary/aromatic N) is 1. The van der Waals surface area contributed by atoms with Gasteiger partial charge in [-0.3, -0.25) is 0 Å². The van der Waals surface area contributed by atoms with E-state index in [4.69, 9.17) is 0 Å². The van der Waals surface area contributed by atoms with E-state index in [1.54, 1.807) is 11.3 Å². The third-order valence-electron chi connectivity index (χ3n) is 6.62. The molecule has 0 N–H and O–H groups in total. The van der Waals surface area contributed by atoms with Gasteiger partial charge in [0.25, 0.3) is 0 Å². The summed E-state index contributed by atoms with van der Waals surface area (Å²) in [4.78, 5) is 2.85. The minimum atomic E-state index is 0.749. The van der Waals surface area contributed by atoms with Gasteiger partial charge in [0.05, 0.1) is 0 Å². The van der Waals surface area contributed by atoms with Crippen molar-refractivity contribution in [3.8, 4) is 0 Å². The second-order valence-electron chi connectivity index (χ2n) is 9.05. The molecule has 1 nitrogen and oxygen atoms in total. The average molecular weight is 386 g/mol. The van der Waals surface area contributed by atoms with E-state index in [1.165, 1.54) is 116 Å².